The molecular weight excluding hydrogens is 392 g/mol. The molecule has 0 aromatic carbocycles. The first-order chi connectivity index (χ1) is 14.4. The minimum absolute atomic E-state index is 0.133. The number of ether oxygens (including phenoxy) is 1. The van der Waals surface area contributed by atoms with Crippen molar-refractivity contribution in [3.63, 3.8) is 0 Å². The molecule has 30 heavy (non-hydrogen) atoms. The quantitative estimate of drug-likeness (QED) is 0.381. The summed E-state index contributed by atoms with van der Waals surface area (Å²) in [6, 6.07) is 3.85. The number of nitrogens with one attached hydrogen (secondary N) is 3. The minimum Gasteiger partial charge on any atom is -0.466 e. The highest BCUT2D eigenvalue weighted by atomic mass is 16.5. The zero-order chi connectivity index (χ0) is 21.4. The van der Waals surface area contributed by atoms with E-state index in [2.05, 4.69) is 31.2 Å². The van der Waals surface area contributed by atoms with Crippen molar-refractivity contribution < 1.29 is 9.72 Å². The average Bonchev–Trinajstić information content (AvgIpc) is 2.73. The number of nitriles is 1. The van der Waals surface area contributed by atoms with Gasteiger partial charge in [0.15, 0.2) is 0 Å². The van der Waals surface area contributed by atoms with E-state index in [0.29, 0.717) is 54.2 Å². The molecule has 0 bridgehead atoms. The van der Waals surface area contributed by atoms with Crippen molar-refractivity contribution in [2.45, 2.75) is 0 Å². The summed E-state index contributed by atoms with van der Waals surface area (Å²) in [5.41, 5.74) is 11.3. The number of H-pyrrole nitrogens is 3. The molecule has 3 aromatic rings. The van der Waals surface area contributed by atoms with E-state index in [1.807, 2.05) is 4.90 Å². The molecule has 1 aliphatic rings. The van der Waals surface area contributed by atoms with Gasteiger partial charge in [-0.15, -0.1) is 5.10 Å². The zero-order valence-corrected chi connectivity index (χ0v) is 16.0. The molecule has 0 unspecified atom stereocenters. The number of rotatable bonds is 3. The Balaban J connectivity index is 1.70. The Morgan fingerprint density at radius 1 is 1.20 bits per heavy atom. The van der Waals surface area contributed by atoms with Gasteiger partial charge in [-0.3, -0.25) is 15.5 Å². The molecule has 0 saturated carbocycles. The van der Waals surface area contributed by atoms with Crippen molar-refractivity contribution in [2.24, 2.45) is 0 Å². The van der Waals surface area contributed by atoms with Gasteiger partial charge in [-0.1, -0.05) is 0 Å². The number of hydrogen-bond acceptors (Lipinski definition) is 10. The van der Waals surface area contributed by atoms with Crippen molar-refractivity contribution in [1.82, 2.24) is 20.2 Å². The molecule has 4 heterocycles. The van der Waals surface area contributed by atoms with Crippen LogP contribution in [-0.4, -0.2) is 53.5 Å². The standard InChI is InChI=1S/C17H18N10O3/c1-30-10-6-8-9(7-18)14(22-13(20)11(8)12(19)21-10)26-2-4-27(5-3-26)15-16(28)23-17(29)25-24-15/h6H,2-5H2,1H3,(H2,19,21)(H2,20,22)(H2,23,25,28,29)/p+1. The van der Waals surface area contributed by atoms with E-state index >= 15 is 0 Å². The lowest BCUT2D eigenvalue weighted by Gasteiger charge is -2.35. The summed E-state index contributed by atoms with van der Waals surface area (Å²) in [5.74, 6) is 1.40. The van der Waals surface area contributed by atoms with Crippen LogP contribution in [0.15, 0.2) is 15.7 Å². The van der Waals surface area contributed by atoms with Crippen molar-refractivity contribution in [1.29, 1.82) is 5.26 Å². The number of fused-ring (bicyclic) bond motifs is 1. The SMILES string of the molecule is COc1cc2c(C#N)c(N3CCN(c4n[nH]c(=O)[nH]c4=O)CC3)nc(N)c2c(N)[nH+]1. The molecule has 0 atom stereocenters. The van der Waals surface area contributed by atoms with E-state index in [9.17, 15) is 14.9 Å². The summed E-state index contributed by atoms with van der Waals surface area (Å²) < 4.78 is 5.22. The molecule has 7 N–H and O–H groups in total. The first kappa shape index (κ1) is 19.0. The van der Waals surface area contributed by atoms with E-state index in [-0.39, 0.29) is 17.5 Å². The topological polar surface area (TPSA) is 197 Å². The highest BCUT2D eigenvalue weighted by molar-refractivity contribution is 6.03. The summed E-state index contributed by atoms with van der Waals surface area (Å²) in [6.45, 7) is 1.78. The number of piperazine rings is 1. The van der Waals surface area contributed by atoms with Crippen molar-refractivity contribution >= 4 is 34.0 Å². The lowest BCUT2D eigenvalue weighted by atomic mass is 10.1. The summed E-state index contributed by atoms with van der Waals surface area (Å²) in [5, 5.41) is 16.9. The van der Waals surface area contributed by atoms with E-state index in [1.165, 1.54) is 7.11 Å². The maximum absolute atomic E-state index is 12.0. The molecule has 1 fully saturated rings. The number of aromatic amines is 3. The number of pyridine rings is 2. The van der Waals surface area contributed by atoms with E-state index < -0.39 is 11.2 Å². The van der Waals surface area contributed by atoms with Crippen molar-refractivity contribution in [3.8, 4) is 11.9 Å². The van der Waals surface area contributed by atoms with Crippen LogP contribution >= 0.6 is 0 Å². The molecule has 4 rings (SSSR count). The van der Waals surface area contributed by atoms with Gasteiger partial charge in [0.1, 0.15) is 28.7 Å². The molecule has 0 spiro atoms. The fraction of sp³-hybridized carbons (Fsp3) is 0.294. The number of anilines is 4. The molecule has 13 heteroatoms. The lowest BCUT2D eigenvalue weighted by molar-refractivity contribution is -0.374. The predicted molar refractivity (Wildman–Crippen MR) is 108 cm³/mol. The van der Waals surface area contributed by atoms with Crippen LogP contribution in [0, 0.1) is 11.3 Å². The average molecular weight is 411 g/mol. The number of nitrogen functional groups attached to an aromatic ring is 2. The minimum atomic E-state index is -0.663. The smallest absolute Gasteiger partial charge is 0.342 e. The monoisotopic (exact) mass is 411 g/mol. The largest absolute Gasteiger partial charge is 0.466 e. The van der Waals surface area contributed by atoms with Gasteiger partial charge in [0.05, 0.1) is 7.11 Å². The van der Waals surface area contributed by atoms with Crippen LogP contribution in [0.2, 0.25) is 0 Å². The second-order valence-corrected chi connectivity index (χ2v) is 6.65. The van der Waals surface area contributed by atoms with E-state index in [4.69, 9.17) is 16.2 Å². The van der Waals surface area contributed by atoms with Gasteiger partial charge < -0.3 is 20.3 Å². The molecule has 0 aliphatic carbocycles. The maximum Gasteiger partial charge on any atom is 0.342 e. The summed E-state index contributed by atoms with van der Waals surface area (Å²) >= 11 is 0. The Morgan fingerprint density at radius 2 is 1.87 bits per heavy atom. The highest BCUT2D eigenvalue weighted by Crippen LogP contribution is 2.33. The molecule has 1 aliphatic heterocycles. The third-order valence-electron chi connectivity index (χ3n) is 4.95. The van der Waals surface area contributed by atoms with Crippen LogP contribution in [-0.2, 0) is 0 Å². The lowest BCUT2D eigenvalue weighted by Crippen LogP contribution is -2.49. The summed E-state index contributed by atoms with van der Waals surface area (Å²) in [4.78, 5) is 36.3. The Kier molecular flexibility index (Phi) is 4.59. The van der Waals surface area contributed by atoms with E-state index in [1.54, 1.807) is 11.0 Å². The molecular formula is C17H19N10O3+. The van der Waals surface area contributed by atoms with Crippen LogP contribution in [0.4, 0.5) is 23.3 Å². The summed E-state index contributed by atoms with van der Waals surface area (Å²) in [7, 11) is 1.49. The van der Waals surface area contributed by atoms with Crippen molar-refractivity contribution in [2.75, 3.05) is 54.6 Å². The number of nitrogens with two attached hydrogens (primary N) is 2. The van der Waals surface area contributed by atoms with Crippen LogP contribution < -0.4 is 42.2 Å². The number of nitrogens with zero attached hydrogens (tertiary/aromatic N) is 5. The van der Waals surface area contributed by atoms with E-state index in [0.717, 1.165) is 0 Å². The number of aromatic nitrogens is 5. The van der Waals surface area contributed by atoms with Gasteiger partial charge in [0.2, 0.25) is 5.82 Å². The Bertz CT molecular complexity index is 1280. The Morgan fingerprint density at radius 3 is 2.47 bits per heavy atom. The third kappa shape index (κ3) is 3.09. The fourth-order valence-corrected chi connectivity index (χ4v) is 3.53. The summed E-state index contributed by atoms with van der Waals surface area (Å²) in [6.07, 6.45) is 0. The first-order valence-corrected chi connectivity index (χ1v) is 9.01. The molecule has 3 aromatic heterocycles. The fourth-order valence-electron chi connectivity index (χ4n) is 3.53. The predicted octanol–water partition coefficient (Wildman–Crippen LogP) is -1.81. The molecule has 13 nitrogen and oxygen atoms in total. The normalized spacial score (nSPS) is 14.0. The molecule has 1 saturated heterocycles. The molecule has 0 radical (unpaired) electrons. The van der Waals surface area contributed by atoms with Crippen LogP contribution in [0.1, 0.15) is 5.56 Å². The van der Waals surface area contributed by atoms with Gasteiger partial charge >= 0.3 is 5.69 Å². The van der Waals surface area contributed by atoms with Gasteiger partial charge in [0, 0.05) is 37.6 Å². The number of methoxy groups -OCH3 is 1. The first-order valence-electron chi connectivity index (χ1n) is 9.01. The zero-order valence-electron chi connectivity index (χ0n) is 16.0. The van der Waals surface area contributed by atoms with Crippen LogP contribution in [0.3, 0.4) is 0 Å². The Hall–Kier alpha value is -4.34. The van der Waals surface area contributed by atoms with Crippen LogP contribution in [0.5, 0.6) is 5.88 Å². The van der Waals surface area contributed by atoms with Crippen LogP contribution in [0.25, 0.3) is 10.8 Å². The molecule has 0 amide bonds. The number of hydrogen-bond donors (Lipinski definition) is 4. The van der Waals surface area contributed by atoms with Gasteiger partial charge in [-0.2, -0.15) is 5.26 Å². The molecule has 154 valence electrons. The maximum atomic E-state index is 12.0. The second-order valence-electron chi connectivity index (χ2n) is 6.65. The van der Waals surface area contributed by atoms with Gasteiger partial charge in [-0.05, 0) is 0 Å². The van der Waals surface area contributed by atoms with Gasteiger partial charge in [-0.25, -0.2) is 19.9 Å². The highest BCUT2D eigenvalue weighted by Gasteiger charge is 2.26. The second kappa shape index (κ2) is 7.24. The third-order valence-corrected chi connectivity index (χ3v) is 4.95. The van der Waals surface area contributed by atoms with Crippen molar-refractivity contribution in [3.05, 3.63) is 32.5 Å². The Labute approximate surface area is 168 Å². The van der Waals surface area contributed by atoms with Gasteiger partial charge in [0.25, 0.3) is 17.3 Å².